The highest BCUT2D eigenvalue weighted by Gasteiger charge is 2.22. The van der Waals surface area contributed by atoms with Gasteiger partial charge in [-0.15, -0.1) is 0 Å². The summed E-state index contributed by atoms with van der Waals surface area (Å²) in [6.45, 7) is 7.87. The first-order valence-electron chi connectivity index (χ1n) is 11.2. The fraction of sp³-hybridized carbons (Fsp3) is 0.259. The second-order valence-corrected chi connectivity index (χ2v) is 12.3. The summed E-state index contributed by atoms with van der Waals surface area (Å²) < 4.78 is 25.9. The van der Waals surface area contributed by atoms with Gasteiger partial charge >= 0.3 is 0 Å². The summed E-state index contributed by atoms with van der Waals surface area (Å²) in [6.07, 6.45) is 0.156. The van der Waals surface area contributed by atoms with E-state index in [1.165, 1.54) is 22.5 Å². The van der Waals surface area contributed by atoms with Crippen LogP contribution in [0.15, 0.2) is 71.6 Å². The van der Waals surface area contributed by atoms with Crippen LogP contribution in [0.25, 0.3) is 10.2 Å². The minimum Gasteiger partial charge on any atom is -0.283 e. The van der Waals surface area contributed by atoms with Crippen LogP contribution in [0.1, 0.15) is 36.1 Å². The monoisotopic (exact) mass is 492 g/mol. The van der Waals surface area contributed by atoms with Crippen molar-refractivity contribution in [3.63, 3.8) is 0 Å². The fourth-order valence-corrected chi connectivity index (χ4v) is 5.77. The molecular weight excluding hydrogens is 464 g/mol. The summed E-state index contributed by atoms with van der Waals surface area (Å²) in [5.74, 6) is -0.0872. The summed E-state index contributed by atoms with van der Waals surface area (Å²) in [7, 11) is -3.35. The van der Waals surface area contributed by atoms with Crippen molar-refractivity contribution in [3.8, 4) is 0 Å². The molecule has 34 heavy (non-hydrogen) atoms. The number of anilines is 1. The average Bonchev–Trinajstić information content (AvgIpc) is 3.20. The maximum Gasteiger partial charge on any atom is 0.233 e. The number of fused-ring (bicyclic) bond motifs is 1. The number of amides is 1. The van der Waals surface area contributed by atoms with Crippen LogP contribution < -0.4 is 4.90 Å². The summed E-state index contributed by atoms with van der Waals surface area (Å²) in [5, 5.41) is 0.167. The molecule has 1 amide bonds. The molecule has 0 aliphatic carbocycles. The number of rotatable bonds is 7. The molecule has 0 radical (unpaired) electrons. The quantitative estimate of drug-likeness (QED) is 0.324. The molecule has 1 aromatic heterocycles. The Kier molecular flexibility index (Phi) is 6.86. The first kappa shape index (κ1) is 24.1. The van der Waals surface area contributed by atoms with E-state index in [4.69, 9.17) is 4.98 Å². The van der Waals surface area contributed by atoms with Gasteiger partial charge in [-0.1, -0.05) is 53.8 Å². The molecule has 0 saturated heterocycles. The van der Waals surface area contributed by atoms with Crippen LogP contribution in [0.3, 0.4) is 0 Å². The van der Waals surface area contributed by atoms with E-state index in [1.807, 2.05) is 30.3 Å². The Hall–Kier alpha value is -3.03. The van der Waals surface area contributed by atoms with E-state index < -0.39 is 15.1 Å². The number of nitrogens with zero attached hydrogens (tertiary/aromatic N) is 2. The molecule has 4 rings (SSSR count). The van der Waals surface area contributed by atoms with Crippen LogP contribution in [0.5, 0.6) is 0 Å². The largest absolute Gasteiger partial charge is 0.283 e. The molecule has 0 spiro atoms. The molecule has 0 bridgehead atoms. The number of aryl methyl sites for hydroxylation is 2. The van der Waals surface area contributed by atoms with Crippen molar-refractivity contribution in [2.75, 3.05) is 4.90 Å². The molecule has 0 aliphatic heterocycles. The van der Waals surface area contributed by atoms with Crippen LogP contribution >= 0.6 is 11.3 Å². The Morgan fingerprint density at radius 2 is 1.59 bits per heavy atom. The molecule has 0 unspecified atom stereocenters. The maximum absolute atomic E-state index is 13.5. The van der Waals surface area contributed by atoms with Gasteiger partial charge in [-0.05, 0) is 74.2 Å². The highest BCUT2D eigenvalue weighted by molar-refractivity contribution is 7.92. The van der Waals surface area contributed by atoms with Crippen LogP contribution in [0.4, 0.5) is 5.13 Å². The molecule has 7 heteroatoms. The Morgan fingerprint density at radius 3 is 2.24 bits per heavy atom. The smallest absolute Gasteiger partial charge is 0.233 e. The number of benzene rings is 3. The number of carbonyl (C=O) groups excluding carboxylic acids is 1. The Balaban J connectivity index is 1.64. The Morgan fingerprint density at radius 1 is 0.941 bits per heavy atom. The van der Waals surface area contributed by atoms with Gasteiger partial charge in [-0.25, -0.2) is 13.4 Å². The van der Waals surface area contributed by atoms with Crippen molar-refractivity contribution in [2.45, 2.75) is 50.8 Å². The minimum atomic E-state index is -3.35. The van der Waals surface area contributed by atoms with Crippen molar-refractivity contribution in [2.24, 2.45) is 0 Å². The molecule has 0 fully saturated rings. The highest BCUT2D eigenvalue weighted by Crippen LogP contribution is 2.32. The highest BCUT2D eigenvalue weighted by atomic mass is 32.2. The zero-order valence-corrected chi connectivity index (χ0v) is 21.4. The third-order valence-corrected chi connectivity index (χ3v) is 9.15. The van der Waals surface area contributed by atoms with Crippen LogP contribution in [-0.2, 0) is 27.6 Å². The molecule has 176 valence electrons. The van der Waals surface area contributed by atoms with E-state index in [2.05, 4.69) is 26.0 Å². The molecule has 1 heterocycles. The third-order valence-electron chi connectivity index (χ3n) is 5.94. The summed E-state index contributed by atoms with van der Waals surface area (Å²) in [5.41, 5.74) is 5.03. The van der Waals surface area contributed by atoms with E-state index in [0.717, 1.165) is 21.3 Å². The summed E-state index contributed by atoms with van der Waals surface area (Å²) in [6, 6.07) is 20.6. The van der Waals surface area contributed by atoms with Crippen molar-refractivity contribution in [1.82, 2.24) is 4.98 Å². The van der Waals surface area contributed by atoms with Gasteiger partial charge in [0.05, 0.1) is 33.3 Å². The normalized spacial score (nSPS) is 11.8. The predicted molar refractivity (Wildman–Crippen MR) is 139 cm³/mol. The fourth-order valence-electron chi connectivity index (χ4n) is 3.65. The van der Waals surface area contributed by atoms with Gasteiger partial charge in [0, 0.05) is 0 Å². The van der Waals surface area contributed by atoms with Crippen LogP contribution in [0, 0.1) is 13.8 Å². The standard InChI is InChI=1S/C27H28N2O3S2/c1-18(2)34(31,32)23-12-10-21(11-13-23)16-26(30)29(17-22-8-6-5-7-9-22)27-28-24-14-19(3)20(4)15-25(24)33-27/h5-15,18H,16-17H2,1-4H3. The van der Waals surface area contributed by atoms with Crippen LogP contribution in [-0.4, -0.2) is 24.6 Å². The molecule has 0 saturated carbocycles. The second-order valence-electron chi connectivity index (χ2n) is 8.78. The number of aromatic nitrogens is 1. The van der Waals surface area contributed by atoms with Crippen molar-refractivity contribution in [1.29, 1.82) is 0 Å². The molecule has 0 aliphatic rings. The number of sulfone groups is 1. The number of hydrogen-bond acceptors (Lipinski definition) is 5. The Labute approximate surface area is 205 Å². The van der Waals surface area contributed by atoms with Crippen LogP contribution in [0.2, 0.25) is 0 Å². The lowest BCUT2D eigenvalue weighted by atomic mass is 10.1. The van der Waals surface area contributed by atoms with Gasteiger partial charge in [0.15, 0.2) is 15.0 Å². The lowest BCUT2D eigenvalue weighted by molar-refractivity contribution is -0.118. The first-order chi connectivity index (χ1) is 16.1. The van der Waals surface area contributed by atoms with Crippen molar-refractivity contribution in [3.05, 3.63) is 89.0 Å². The zero-order chi connectivity index (χ0) is 24.5. The molecule has 0 N–H and O–H groups in total. The molecule has 0 atom stereocenters. The van der Waals surface area contributed by atoms with E-state index in [9.17, 15) is 13.2 Å². The van der Waals surface area contributed by atoms with E-state index in [1.54, 1.807) is 43.0 Å². The zero-order valence-electron chi connectivity index (χ0n) is 19.8. The van der Waals surface area contributed by atoms with Gasteiger partial charge < -0.3 is 0 Å². The lowest BCUT2D eigenvalue weighted by Crippen LogP contribution is -2.31. The number of carbonyl (C=O) groups is 1. The minimum absolute atomic E-state index is 0.0872. The molecule has 5 nitrogen and oxygen atoms in total. The third kappa shape index (κ3) is 5.05. The number of thiazole rings is 1. The second kappa shape index (κ2) is 9.68. The average molecular weight is 493 g/mol. The number of hydrogen-bond donors (Lipinski definition) is 0. The lowest BCUT2D eigenvalue weighted by Gasteiger charge is -2.20. The predicted octanol–water partition coefficient (Wildman–Crippen LogP) is 5.87. The summed E-state index contributed by atoms with van der Waals surface area (Å²) >= 11 is 1.51. The molecular formula is C27H28N2O3S2. The van der Waals surface area contributed by atoms with Gasteiger partial charge in [0.2, 0.25) is 5.91 Å². The van der Waals surface area contributed by atoms with Gasteiger partial charge in [0.1, 0.15) is 0 Å². The SMILES string of the molecule is Cc1cc2nc(N(Cc3ccccc3)C(=O)Cc3ccc(S(=O)(=O)C(C)C)cc3)sc2cc1C. The maximum atomic E-state index is 13.5. The van der Waals surface area contributed by atoms with E-state index in [0.29, 0.717) is 11.7 Å². The van der Waals surface area contributed by atoms with Crippen molar-refractivity contribution < 1.29 is 13.2 Å². The first-order valence-corrected chi connectivity index (χ1v) is 13.6. The molecule has 4 aromatic rings. The topological polar surface area (TPSA) is 67.3 Å². The van der Waals surface area contributed by atoms with Gasteiger partial charge in [-0.2, -0.15) is 0 Å². The summed E-state index contributed by atoms with van der Waals surface area (Å²) in [4.78, 5) is 20.3. The van der Waals surface area contributed by atoms with Crippen molar-refractivity contribution >= 4 is 42.4 Å². The van der Waals surface area contributed by atoms with Gasteiger partial charge in [-0.3, -0.25) is 9.69 Å². The molecule has 3 aromatic carbocycles. The van der Waals surface area contributed by atoms with E-state index in [-0.39, 0.29) is 17.2 Å². The Bertz CT molecular complexity index is 1390. The van der Waals surface area contributed by atoms with E-state index >= 15 is 0 Å². The van der Waals surface area contributed by atoms with Gasteiger partial charge in [0.25, 0.3) is 0 Å².